The summed E-state index contributed by atoms with van der Waals surface area (Å²) in [6, 6.07) is 1.86. The van der Waals surface area contributed by atoms with E-state index in [1.165, 1.54) is 12.3 Å². The summed E-state index contributed by atoms with van der Waals surface area (Å²) in [5, 5.41) is 12.9. The molecule has 0 saturated heterocycles. The van der Waals surface area contributed by atoms with Gasteiger partial charge >= 0.3 is 5.97 Å². The van der Waals surface area contributed by atoms with Gasteiger partial charge in [-0.2, -0.15) is 5.10 Å². The van der Waals surface area contributed by atoms with Gasteiger partial charge in [-0.05, 0) is 25.3 Å². The summed E-state index contributed by atoms with van der Waals surface area (Å²) in [5.41, 5.74) is 6.02. The van der Waals surface area contributed by atoms with E-state index in [0.717, 1.165) is 19.3 Å². The molecule has 2 atom stereocenters. The fourth-order valence-electron chi connectivity index (χ4n) is 1.99. The predicted molar refractivity (Wildman–Crippen MR) is 50.0 cm³/mol. The van der Waals surface area contributed by atoms with Crippen molar-refractivity contribution in [3.63, 3.8) is 0 Å². The lowest BCUT2D eigenvalue weighted by molar-refractivity contribution is 0.0680. The average Bonchev–Trinajstić information content (AvgIpc) is 2.70. The maximum absolute atomic E-state index is 10.8. The van der Waals surface area contributed by atoms with Crippen LogP contribution in [0.15, 0.2) is 12.3 Å². The van der Waals surface area contributed by atoms with Gasteiger partial charge in [0.1, 0.15) is 5.69 Å². The van der Waals surface area contributed by atoms with Gasteiger partial charge in [-0.25, -0.2) is 4.79 Å². The summed E-state index contributed by atoms with van der Waals surface area (Å²) >= 11 is 0. The van der Waals surface area contributed by atoms with Crippen molar-refractivity contribution in [3.05, 3.63) is 18.0 Å². The fraction of sp³-hybridized carbons (Fsp3) is 0.556. The molecule has 0 aromatic carbocycles. The maximum Gasteiger partial charge on any atom is 0.354 e. The minimum atomic E-state index is -0.928. The zero-order valence-electron chi connectivity index (χ0n) is 7.76. The zero-order chi connectivity index (χ0) is 10.1. The van der Waals surface area contributed by atoms with Crippen LogP contribution in [0.3, 0.4) is 0 Å². The molecule has 1 aromatic heterocycles. The van der Waals surface area contributed by atoms with E-state index in [9.17, 15) is 4.79 Å². The van der Waals surface area contributed by atoms with Crippen LogP contribution >= 0.6 is 0 Å². The number of hydrogen-bond donors (Lipinski definition) is 2. The van der Waals surface area contributed by atoms with E-state index in [4.69, 9.17) is 10.8 Å². The number of carbonyl (C=O) groups is 1. The quantitative estimate of drug-likeness (QED) is 0.725. The monoisotopic (exact) mass is 195 g/mol. The Bertz CT molecular complexity index is 348. The summed E-state index contributed by atoms with van der Waals surface area (Å²) in [7, 11) is 0. The van der Waals surface area contributed by atoms with E-state index >= 15 is 0 Å². The summed E-state index contributed by atoms with van der Waals surface area (Å²) in [6.45, 7) is 0. The van der Waals surface area contributed by atoms with Crippen LogP contribution in [0.2, 0.25) is 0 Å². The molecule has 14 heavy (non-hydrogen) atoms. The lowest BCUT2D eigenvalue weighted by Gasteiger charge is -2.11. The van der Waals surface area contributed by atoms with Gasteiger partial charge in [-0.1, -0.05) is 0 Å². The zero-order valence-corrected chi connectivity index (χ0v) is 7.76. The van der Waals surface area contributed by atoms with Crippen molar-refractivity contribution in [2.24, 2.45) is 5.73 Å². The highest BCUT2D eigenvalue weighted by molar-refractivity contribution is 5.85. The molecule has 5 heteroatoms. The van der Waals surface area contributed by atoms with Crippen molar-refractivity contribution in [2.45, 2.75) is 31.3 Å². The largest absolute Gasteiger partial charge is 0.477 e. The van der Waals surface area contributed by atoms with Crippen LogP contribution in [0.25, 0.3) is 0 Å². The van der Waals surface area contributed by atoms with Crippen LogP contribution in [-0.2, 0) is 0 Å². The highest BCUT2D eigenvalue weighted by atomic mass is 16.4. The van der Waals surface area contributed by atoms with Crippen molar-refractivity contribution >= 4 is 5.97 Å². The first-order valence-electron chi connectivity index (χ1n) is 4.71. The van der Waals surface area contributed by atoms with E-state index in [1.807, 2.05) is 0 Å². The molecule has 3 N–H and O–H groups in total. The summed E-state index contributed by atoms with van der Waals surface area (Å²) in [4.78, 5) is 10.8. The Hall–Kier alpha value is -1.36. The molecule has 5 nitrogen and oxygen atoms in total. The number of aromatic nitrogens is 2. The highest BCUT2D eigenvalue weighted by Crippen LogP contribution is 2.29. The Labute approximate surface area is 81.5 Å². The first-order valence-corrected chi connectivity index (χ1v) is 4.71. The summed E-state index contributed by atoms with van der Waals surface area (Å²) < 4.78 is 1.58. The molecule has 1 saturated carbocycles. The smallest absolute Gasteiger partial charge is 0.354 e. The second-order valence-corrected chi connectivity index (χ2v) is 3.69. The molecule has 1 aliphatic rings. The van der Waals surface area contributed by atoms with Gasteiger partial charge in [-0.3, -0.25) is 4.68 Å². The standard InChI is InChI=1S/C9H13N3O2/c10-6-1-2-7(5-6)12-8(9(13)14)3-4-11-12/h3-4,6-7H,1-2,5,10H2,(H,13,14). The third kappa shape index (κ3) is 1.50. The van der Waals surface area contributed by atoms with E-state index in [1.54, 1.807) is 4.68 Å². The average molecular weight is 195 g/mol. The molecule has 2 rings (SSSR count). The minimum Gasteiger partial charge on any atom is -0.477 e. The summed E-state index contributed by atoms with van der Waals surface area (Å²) in [6.07, 6.45) is 4.21. The van der Waals surface area contributed by atoms with E-state index in [0.29, 0.717) is 0 Å². The second-order valence-electron chi connectivity index (χ2n) is 3.69. The molecular weight excluding hydrogens is 182 g/mol. The molecule has 76 valence electrons. The fourth-order valence-corrected chi connectivity index (χ4v) is 1.99. The van der Waals surface area contributed by atoms with Crippen LogP contribution < -0.4 is 5.73 Å². The molecule has 0 amide bonds. The van der Waals surface area contributed by atoms with Gasteiger partial charge in [0.15, 0.2) is 0 Å². The molecule has 0 radical (unpaired) electrons. The van der Waals surface area contributed by atoms with E-state index < -0.39 is 5.97 Å². The topological polar surface area (TPSA) is 81.1 Å². The molecule has 1 heterocycles. The van der Waals surface area contributed by atoms with Crippen molar-refractivity contribution in [2.75, 3.05) is 0 Å². The van der Waals surface area contributed by atoms with Crippen molar-refractivity contribution in [1.82, 2.24) is 9.78 Å². The van der Waals surface area contributed by atoms with E-state index in [2.05, 4.69) is 5.10 Å². The Balaban J connectivity index is 2.23. The van der Waals surface area contributed by atoms with Crippen molar-refractivity contribution < 1.29 is 9.90 Å². The number of carboxylic acids is 1. The second kappa shape index (κ2) is 3.42. The first-order chi connectivity index (χ1) is 6.68. The molecule has 1 fully saturated rings. The van der Waals surface area contributed by atoms with Crippen molar-refractivity contribution in [1.29, 1.82) is 0 Å². The SMILES string of the molecule is NC1CCC(n2nccc2C(=O)O)C1. The Morgan fingerprint density at radius 2 is 2.43 bits per heavy atom. The van der Waals surface area contributed by atoms with Gasteiger partial charge < -0.3 is 10.8 Å². The van der Waals surface area contributed by atoms with Crippen LogP contribution in [0, 0.1) is 0 Å². The maximum atomic E-state index is 10.8. The molecule has 0 aliphatic heterocycles. The van der Waals surface area contributed by atoms with Crippen LogP contribution in [-0.4, -0.2) is 26.9 Å². The normalized spacial score (nSPS) is 26.6. The minimum absolute atomic E-state index is 0.158. The Morgan fingerprint density at radius 3 is 3.00 bits per heavy atom. The lowest BCUT2D eigenvalue weighted by Crippen LogP contribution is -2.18. The molecular formula is C9H13N3O2. The highest BCUT2D eigenvalue weighted by Gasteiger charge is 2.26. The van der Waals surface area contributed by atoms with Crippen LogP contribution in [0.4, 0.5) is 0 Å². The number of carboxylic acid groups (broad SMARTS) is 1. The molecule has 0 spiro atoms. The first kappa shape index (κ1) is 9.21. The number of hydrogen-bond acceptors (Lipinski definition) is 3. The van der Waals surface area contributed by atoms with E-state index in [-0.39, 0.29) is 17.8 Å². The summed E-state index contributed by atoms with van der Waals surface area (Å²) in [5.74, 6) is -0.928. The van der Waals surface area contributed by atoms with Gasteiger partial charge in [0.2, 0.25) is 0 Å². The number of nitrogens with zero attached hydrogens (tertiary/aromatic N) is 2. The Morgan fingerprint density at radius 1 is 1.64 bits per heavy atom. The molecule has 0 bridgehead atoms. The number of aromatic carboxylic acids is 1. The molecule has 1 aromatic rings. The molecule has 2 unspecified atom stereocenters. The lowest BCUT2D eigenvalue weighted by atomic mass is 10.2. The molecule has 1 aliphatic carbocycles. The van der Waals surface area contributed by atoms with Crippen LogP contribution in [0.1, 0.15) is 35.8 Å². The van der Waals surface area contributed by atoms with Gasteiger partial charge in [-0.15, -0.1) is 0 Å². The van der Waals surface area contributed by atoms with Crippen LogP contribution in [0.5, 0.6) is 0 Å². The van der Waals surface area contributed by atoms with Gasteiger partial charge in [0.25, 0.3) is 0 Å². The third-order valence-corrected chi connectivity index (χ3v) is 2.68. The number of rotatable bonds is 2. The van der Waals surface area contributed by atoms with Gasteiger partial charge in [0.05, 0.1) is 6.04 Å². The predicted octanol–water partition coefficient (Wildman–Crippen LogP) is 0.634. The number of nitrogens with two attached hydrogens (primary N) is 1. The third-order valence-electron chi connectivity index (χ3n) is 2.68. The van der Waals surface area contributed by atoms with Crippen molar-refractivity contribution in [3.8, 4) is 0 Å². The van der Waals surface area contributed by atoms with Gasteiger partial charge in [0, 0.05) is 12.2 Å². The Kier molecular flexibility index (Phi) is 2.25.